The second-order valence-electron chi connectivity index (χ2n) is 6.99. The Morgan fingerprint density at radius 2 is 1.69 bits per heavy atom. The topological polar surface area (TPSA) is 53.1 Å². The van der Waals surface area contributed by atoms with Crippen molar-refractivity contribution in [2.75, 3.05) is 0 Å². The molecule has 0 fully saturated rings. The minimum Gasteiger partial charge on any atom is -0.478 e. The van der Waals surface area contributed by atoms with E-state index in [-0.39, 0.29) is 5.41 Å². The number of fused-ring (bicyclic) bond motifs is 1. The van der Waals surface area contributed by atoms with Crippen LogP contribution in [0.4, 0.5) is 0 Å². The van der Waals surface area contributed by atoms with Crippen LogP contribution in [0, 0.1) is 12.8 Å². The molecule has 0 aliphatic carbocycles. The van der Waals surface area contributed by atoms with E-state index in [0.717, 1.165) is 10.9 Å². The highest BCUT2D eigenvalue weighted by molar-refractivity contribution is 5.94. The van der Waals surface area contributed by atoms with Gasteiger partial charge in [-0.1, -0.05) is 70.5 Å². The predicted molar refractivity (Wildman–Crippen MR) is 109 cm³/mol. The van der Waals surface area contributed by atoms with E-state index < -0.39 is 5.97 Å². The molecule has 26 heavy (non-hydrogen) atoms. The van der Waals surface area contributed by atoms with Crippen molar-refractivity contribution in [1.82, 2.24) is 4.98 Å². The number of aromatic nitrogens is 1. The van der Waals surface area contributed by atoms with Crippen molar-refractivity contribution >= 4 is 16.9 Å². The first-order valence-electron chi connectivity index (χ1n) is 9.26. The number of carboxylic acid groups (broad SMARTS) is 1. The molecule has 1 unspecified atom stereocenters. The lowest BCUT2D eigenvalue weighted by molar-refractivity contribution is 0.0697. The fraction of sp³-hybridized carbons (Fsp3) is 0.348. The smallest absolute Gasteiger partial charge is 0.335 e. The predicted octanol–water partition coefficient (Wildman–Crippen LogP) is 6.16. The Bertz CT molecular complexity index is 890. The number of aromatic amines is 1. The van der Waals surface area contributed by atoms with Gasteiger partial charge in [-0.05, 0) is 36.1 Å². The van der Waals surface area contributed by atoms with Gasteiger partial charge < -0.3 is 10.1 Å². The maximum atomic E-state index is 11.2. The van der Waals surface area contributed by atoms with E-state index in [4.69, 9.17) is 0 Å². The molecule has 0 saturated carbocycles. The van der Waals surface area contributed by atoms with E-state index in [1.165, 1.54) is 16.7 Å². The Labute approximate surface area is 156 Å². The van der Waals surface area contributed by atoms with Crippen LogP contribution in [0.25, 0.3) is 10.9 Å². The molecule has 0 saturated heterocycles. The van der Waals surface area contributed by atoms with Gasteiger partial charge in [-0.25, -0.2) is 4.79 Å². The van der Waals surface area contributed by atoms with Gasteiger partial charge in [-0.2, -0.15) is 0 Å². The van der Waals surface area contributed by atoms with Gasteiger partial charge >= 0.3 is 5.97 Å². The van der Waals surface area contributed by atoms with E-state index in [1.807, 2.05) is 26.1 Å². The highest BCUT2D eigenvalue weighted by atomic mass is 16.4. The van der Waals surface area contributed by atoms with Gasteiger partial charge in [-0.3, -0.25) is 0 Å². The number of hydrogen-bond donors (Lipinski definition) is 2. The minimum atomic E-state index is -0.904. The summed E-state index contributed by atoms with van der Waals surface area (Å²) in [6.07, 6.45) is 2.02. The largest absolute Gasteiger partial charge is 0.478 e. The summed E-state index contributed by atoms with van der Waals surface area (Å²) in [7, 11) is 0. The molecule has 2 N–H and O–H groups in total. The van der Waals surface area contributed by atoms with Gasteiger partial charge in [0.1, 0.15) is 0 Å². The maximum absolute atomic E-state index is 11.2. The van der Waals surface area contributed by atoms with Crippen molar-refractivity contribution in [3.05, 3.63) is 70.9 Å². The van der Waals surface area contributed by atoms with Crippen LogP contribution in [-0.2, 0) is 5.41 Å². The Balaban J connectivity index is 0.00000117. The summed E-state index contributed by atoms with van der Waals surface area (Å²) in [5.74, 6) is -0.517. The average molecular weight is 351 g/mol. The van der Waals surface area contributed by atoms with Crippen LogP contribution in [0.3, 0.4) is 0 Å². The molecule has 0 aliphatic heterocycles. The van der Waals surface area contributed by atoms with Crippen LogP contribution in [0.1, 0.15) is 61.7 Å². The van der Waals surface area contributed by atoms with Gasteiger partial charge in [0.2, 0.25) is 0 Å². The normalized spacial score (nSPS) is 13.2. The molecule has 1 heterocycles. The zero-order chi connectivity index (χ0) is 19.5. The number of benzene rings is 2. The summed E-state index contributed by atoms with van der Waals surface area (Å²) in [6.45, 7) is 12.8. The Hall–Kier alpha value is -2.55. The third kappa shape index (κ3) is 3.39. The first kappa shape index (κ1) is 19.8. The van der Waals surface area contributed by atoms with Crippen LogP contribution in [0.2, 0.25) is 0 Å². The quantitative estimate of drug-likeness (QED) is 0.591. The van der Waals surface area contributed by atoms with Crippen LogP contribution in [-0.4, -0.2) is 16.1 Å². The van der Waals surface area contributed by atoms with E-state index in [1.54, 1.807) is 12.1 Å². The van der Waals surface area contributed by atoms with Gasteiger partial charge in [0.25, 0.3) is 0 Å². The molecule has 2 aromatic carbocycles. The van der Waals surface area contributed by atoms with Crippen molar-refractivity contribution in [2.24, 2.45) is 5.92 Å². The van der Waals surface area contributed by atoms with Gasteiger partial charge in [-0.15, -0.1) is 0 Å². The molecular formula is C23H29NO2. The molecule has 1 atom stereocenters. The Morgan fingerprint density at radius 3 is 2.23 bits per heavy atom. The van der Waals surface area contributed by atoms with Gasteiger partial charge in [0.15, 0.2) is 0 Å². The molecule has 138 valence electrons. The second-order valence-corrected chi connectivity index (χ2v) is 6.99. The van der Waals surface area contributed by atoms with Crippen molar-refractivity contribution in [2.45, 2.75) is 47.0 Å². The van der Waals surface area contributed by atoms with E-state index in [9.17, 15) is 9.90 Å². The minimum absolute atomic E-state index is 0.156. The lowest BCUT2D eigenvalue weighted by Gasteiger charge is -2.35. The number of aryl methyl sites for hydroxylation is 1. The highest BCUT2D eigenvalue weighted by Gasteiger charge is 2.34. The molecule has 3 heteroatoms. The molecule has 0 aliphatic rings. The molecule has 0 radical (unpaired) electrons. The van der Waals surface area contributed by atoms with Crippen LogP contribution in [0.5, 0.6) is 0 Å². The monoisotopic (exact) mass is 351 g/mol. The number of H-pyrrole nitrogens is 1. The van der Waals surface area contributed by atoms with Crippen molar-refractivity contribution < 1.29 is 9.90 Å². The highest BCUT2D eigenvalue weighted by Crippen LogP contribution is 2.42. The van der Waals surface area contributed by atoms with E-state index in [2.05, 4.69) is 56.9 Å². The molecule has 3 aromatic rings. The summed E-state index contributed by atoms with van der Waals surface area (Å²) < 4.78 is 0. The van der Waals surface area contributed by atoms with Crippen LogP contribution in [0.15, 0.2) is 48.7 Å². The summed E-state index contributed by atoms with van der Waals surface area (Å²) in [6, 6.07) is 14.0. The molecular weight excluding hydrogens is 322 g/mol. The Kier molecular flexibility index (Phi) is 5.91. The van der Waals surface area contributed by atoms with Crippen molar-refractivity contribution in [3.8, 4) is 0 Å². The lowest BCUT2D eigenvalue weighted by Crippen LogP contribution is -2.29. The standard InChI is InChI=1S/C21H23NO2.C2H6/c1-13(2)21(4,16-8-5-14(3)6-9-16)18-12-22-19-11-15(20(23)24)7-10-17(18)19;1-2/h5-13,22H,1-4H3,(H,23,24);1-2H3. The fourth-order valence-corrected chi connectivity index (χ4v) is 3.39. The zero-order valence-corrected chi connectivity index (χ0v) is 16.6. The van der Waals surface area contributed by atoms with E-state index in [0.29, 0.717) is 11.5 Å². The first-order chi connectivity index (χ1) is 12.3. The average Bonchev–Trinajstić information content (AvgIpc) is 3.06. The summed E-state index contributed by atoms with van der Waals surface area (Å²) >= 11 is 0. The van der Waals surface area contributed by atoms with Gasteiger partial charge in [0.05, 0.1) is 5.56 Å². The third-order valence-electron chi connectivity index (χ3n) is 5.29. The zero-order valence-electron chi connectivity index (χ0n) is 16.6. The summed E-state index contributed by atoms with van der Waals surface area (Å²) in [4.78, 5) is 14.5. The number of rotatable bonds is 4. The van der Waals surface area contributed by atoms with Gasteiger partial charge in [0, 0.05) is 22.5 Å². The van der Waals surface area contributed by atoms with Crippen LogP contribution >= 0.6 is 0 Å². The summed E-state index contributed by atoms with van der Waals surface area (Å²) in [5, 5.41) is 10.3. The number of hydrogen-bond acceptors (Lipinski definition) is 1. The molecule has 1 aromatic heterocycles. The number of carboxylic acids is 1. The number of nitrogens with one attached hydrogen (secondary N) is 1. The number of aromatic carboxylic acids is 1. The first-order valence-corrected chi connectivity index (χ1v) is 9.26. The van der Waals surface area contributed by atoms with Crippen molar-refractivity contribution in [1.29, 1.82) is 0 Å². The molecule has 0 bridgehead atoms. The van der Waals surface area contributed by atoms with E-state index >= 15 is 0 Å². The third-order valence-corrected chi connectivity index (χ3v) is 5.29. The molecule has 0 amide bonds. The fourth-order valence-electron chi connectivity index (χ4n) is 3.39. The molecule has 3 nitrogen and oxygen atoms in total. The molecule has 0 spiro atoms. The number of carbonyl (C=O) groups is 1. The maximum Gasteiger partial charge on any atom is 0.335 e. The van der Waals surface area contributed by atoms with Crippen molar-refractivity contribution in [3.63, 3.8) is 0 Å². The summed E-state index contributed by atoms with van der Waals surface area (Å²) in [5.41, 5.74) is 4.73. The lowest BCUT2D eigenvalue weighted by atomic mass is 9.68. The molecule has 3 rings (SSSR count). The Morgan fingerprint density at radius 1 is 1.08 bits per heavy atom. The SMILES string of the molecule is CC.Cc1ccc(C(C)(c2c[nH]c3cc(C(=O)O)ccc23)C(C)C)cc1. The van der Waals surface area contributed by atoms with Crippen LogP contribution < -0.4 is 0 Å². The second kappa shape index (κ2) is 7.77.